The van der Waals surface area contributed by atoms with Gasteiger partial charge in [0, 0.05) is 28.4 Å². The SMILES string of the molecule is N#C/C(=C\c1ccc(-c2ccccc2F)s1)c1nnc(N2CCOCC2)n1-c1ccccc1. The quantitative estimate of drug-likeness (QED) is 0.393. The van der Waals surface area contributed by atoms with E-state index in [4.69, 9.17) is 4.74 Å². The average molecular weight is 458 g/mol. The molecule has 0 amide bonds. The minimum Gasteiger partial charge on any atom is -0.378 e. The van der Waals surface area contributed by atoms with Gasteiger partial charge in [0.1, 0.15) is 11.9 Å². The molecule has 2 aromatic carbocycles. The monoisotopic (exact) mass is 457 g/mol. The Labute approximate surface area is 194 Å². The fraction of sp³-hybridized carbons (Fsp3) is 0.160. The summed E-state index contributed by atoms with van der Waals surface area (Å²) in [7, 11) is 0. The molecular weight excluding hydrogens is 437 g/mol. The second-order valence-corrected chi connectivity index (χ2v) is 8.56. The third-order valence-electron chi connectivity index (χ3n) is 5.37. The minimum absolute atomic E-state index is 0.269. The van der Waals surface area contributed by atoms with Crippen LogP contribution in [0.25, 0.3) is 27.8 Å². The molecule has 1 aliphatic rings. The van der Waals surface area contributed by atoms with Crippen molar-refractivity contribution in [2.75, 3.05) is 31.2 Å². The molecule has 0 aliphatic carbocycles. The summed E-state index contributed by atoms with van der Waals surface area (Å²) in [5.41, 5.74) is 1.80. The molecule has 1 fully saturated rings. The Morgan fingerprint density at radius 2 is 1.76 bits per heavy atom. The first-order chi connectivity index (χ1) is 16.2. The van der Waals surface area contributed by atoms with Crippen molar-refractivity contribution in [1.82, 2.24) is 14.8 Å². The molecule has 0 saturated carbocycles. The molecule has 4 aromatic rings. The van der Waals surface area contributed by atoms with Gasteiger partial charge in [0.05, 0.1) is 24.5 Å². The van der Waals surface area contributed by atoms with E-state index in [1.165, 1.54) is 17.4 Å². The van der Waals surface area contributed by atoms with Crippen LogP contribution < -0.4 is 4.90 Å². The molecule has 0 spiro atoms. The van der Waals surface area contributed by atoms with E-state index < -0.39 is 0 Å². The highest BCUT2D eigenvalue weighted by molar-refractivity contribution is 7.16. The number of nitrogens with zero attached hydrogens (tertiary/aromatic N) is 5. The number of aromatic nitrogens is 3. The van der Waals surface area contributed by atoms with Gasteiger partial charge in [0.2, 0.25) is 5.95 Å². The Morgan fingerprint density at radius 3 is 2.52 bits per heavy atom. The highest BCUT2D eigenvalue weighted by Crippen LogP contribution is 2.33. The molecule has 0 radical (unpaired) electrons. The van der Waals surface area contributed by atoms with Crippen molar-refractivity contribution in [1.29, 1.82) is 5.26 Å². The van der Waals surface area contributed by atoms with Crippen LogP contribution in [0.4, 0.5) is 10.3 Å². The molecule has 8 heteroatoms. The summed E-state index contributed by atoms with van der Waals surface area (Å²) in [6.07, 6.45) is 1.78. The van der Waals surface area contributed by atoms with Crippen molar-refractivity contribution >= 4 is 28.9 Å². The number of ether oxygens (including phenoxy) is 1. The van der Waals surface area contributed by atoms with Crippen LogP contribution in [0.2, 0.25) is 0 Å². The lowest BCUT2D eigenvalue weighted by Crippen LogP contribution is -2.38. The lowest BCUT2D eigenvalue weighted by molar-refractivity contribution is 0.122. The Balaban J connectivity index is 1.57. The average Bonchev–Trinajstić information content (AvgIpc) is 3.51. The summed E-state index contributed by atoms with van der Waals surface area (Å²) in [6, 6.07) is 22.5. The summed E-state index contributed by atoms with van der Waals surface area (Å²) >= 11 is 1.42. The Kier molecular flexibility index (Phi) is 5.98. The number of hydrogen-bond acceptors (Lipinski definition) is 6. The summed E-state index contributed by atoms with van der Waals surface area (Å²) in [6.45, 7) is 2.64. The number of nitriles is 1. The van der Waals surface area contributed by atoms with Gasteiger partial charge in [0.15, 0.2) is 5.82 Å². The molecule has 5 rings (SSSR count). The van der Waals surface area contributed by atoms with Crippen LogP contribution in [0.1, 0.15) is 10.7 Å². The number of benzene rings is 2. The normalized spacial score (nSPS) is 14.3. The van der Waals surface area contributed by atoms with Crippen LogP contribution in [0.3, 0.4) is 0 Å². The van der Waals surface area contributed by atoms with Crippen LogP contribution in [-0.4, -0.2) is 41.1 Å². The van der Waals surface area contributed by atoms with Crippen LogP contribution in [0.15, 0.2) is 66.7 Å². The molecule has 0 atom stereocenters. The van der Waals surface area contributed by atoms with Gasteiger partial charge in [-0.15, -0.1) is 21.5 Å². The molecular formula is C25H20FN5OS. The first-order valence-electron chi connectivity index (χ1n) is 10.5. The predicted molar refractivity (Wildman–Crippen MR) is 128 cm³/mol. The van der Waals surface area contributed by atoms with Gasteiger partial charge in [-0.1, -0.05) is 36.4 Å². The number of allylic oxidation sites excluding steroid dienone is 1. The largest absolute Gasteiger partial charge is 0.378 e. The van der Waals surface area contributed by atoms with E-state index >= 15 is 0 Å². The first-order valence-corrected chi connectivity index (χ1v) is 11.4. The third-order valence-corrected chi connectivity index (χ3v) is 6.43. The van der Waals surface area contributed by atoms with Gasteiger partial charge in [-0.25, -0.2) is 4.39 Å². The van der Waals surface area contributed by atoms with Crippen molar-refractivity contribution in [2.24, 2.45) is 0 Å². The second kappa shape index (κ2) is 9.36. The zero-order valence-corrected chi connectivity index (χ0v) is 18.5. The lowest BCUT2D eigenvalue weighted by Gasteiger charge is -2.28. The van der Waals surface area contributed by atoms with Gasteiger partial charge in [-0.2, -0.15) is 5.26 Å². The fourth-order valence-corrected chi connectivity index (χ4v) is 4.74. The zero-order chi connectivity index (χ0) is 22.6. The minimum atomic E-state index is -0.269. The molecule has 3 heterocycles. The van der Waals surface area contributed by atoms with Crippen LogP contribution >= 0.6 is 11.3 Å². The van der Waals surface area contributed by atoms with E-state index in [1.807, 2.05) is 53.1 Å². The first kappa shape index (κ1) is 21.1. The van der Waals surface area contributed by atoms with E-state index in [0.29, 0.717) is 49.2 Å². The molecule has 0 bridgehead atoms. The number of hydrogen-bond donors (Lipinski definition) is 0. The number of anilines is 1. The molecule has 0 N–H and O–H groups in total. The van der Waals surface area contributed by atoms with Crippen molar-refractivity contribution in [2.45, 2.75) is 0 Å². The van der Waals surface area contributed by atoms with E-state index in [0.717, 1.165) is 15.4 Å². The van der Waals surface area contributed by atoms with Crippen molar-refractivity contribution in [3.05, 3.63) is 83.2 Å². The second-order valence-electron chi connectivity index (χ2n) is 7.45. The van der Waals surface area contributed by atoms with E-state index in [1.54, 1.807) is 18.2 Å². The molecule has 33 heavy (non-hydrogen) atoms. The lowest BCUT2D eigenvalue weighted by atomic mass is 10.2. The van der Waals surface area contributed by atoms with E-state index in [9.17, 15) is 9.65 Å². The zero-order valence-electron chi connectivity index (χ0n) is 17.7. The summed E-state index contributed by atoms with van der Waals surface area (Å²) in [5, 5.41) is 18.8. The maximum absolute atomic E-state index is 14.2. The number of halogens is 1. The Bertz CT molecular complexity index is 1330. The van der Waals surface area contributed by atoms with Crippen LogP contribution in [0, 0.1) is 17.1 Å². The van der Waals surface area contributed by atoms with Gasteiger partial charge in [-0.3, -0.25) is 4.57 Å². The fourth-order valence-electron chi connectivity index (χ4n) is 3.76. The Morgan fingerprint density at radius 1 is 1.00 bits per heavy atom. The third kappa shape index (κ3) is 4.29. The van der Waals surface area contributed by atoms with Crippen molar-refractivity contribution in [3.8, 4) is 22.2 Å². The smallest absolute Gasteiger partial charge is 0.232 e. The number of morpholine rings is 1. The van der Waals surface area contributed by atoms with E-state index in [2.05, 4.69) is 21.2 Å². The number of rotatable bonds is 5. The Hall–Kier alpha value is -3.80. The summed E-state index contributed by atoms with van der Waals surface area (Å²) < 4.78 is 21.6. The number of para-hydroxylation sites is 1. The maximum atomic E-state index is 14.2. The topological polar surface area (TPSA) is 67.0 Å². The molecule has 1 saturated heterocycles. The molecule has 164 valence electrons. The molecule has 0 unspecified atom stereocenters. The van der Waals surface area contributed by atoms with Crippen molar-refractivity contribution in [3.63, 3.8) is 0 Å². The molecule has 1 aliphatic heterocycles. The van der Waals surface area contributed by atoms with Gasteiger partial charge in [0.25, 0.3) is 0 Å². The standard InChI is InChI=1S/C25H20FN5OS/c26-22-9-5-4-8-21(22)23-11-10-20(33-23)16-18(17-27)24-28-29-25(30-12-14-32-15-13-30)31(24)19-6-2-1-3-7-19/h1-11,16H,12-15H2/b18-16+. The van der Waals surface area contributed by atoms with E-state index in [-0.39, 0.29) is 5.82 Å². The highest BCUT2D eigenvalue weighted by Gasteiger charge is 2.23. The maximum Gasteiger partial charge on any atom is 0.232 e. The number of thiophene rings is 1. The molecule has 2 aromatic heterocycles. The molecule has 6 nitrogen and oxygen atoms in total. The summed E-state index contributed by atoms with van der Waals surface area (Å²) in [5.74, 6) is 0.874. The highest BCUT2D eigenvalue weighted by atomic mass is 32.1. The van der Waals surface area contributed by atoms with Gasteiger partial charge >= 0.3 is 0 Å². The van der Waals surface area contributed by atoms with Crippen molar-refractivity contribution < 1.29 is 9.13 Å². The predicted octanol–water partition coefficient (Wildman–Crippen LogP) is 5.04. The van der Waals surface area contributed by atoms with Crippen LogP contribution in [0.5, 0.6) is 0 Å². The van der Waals surface area contributed by atoms with Gasteiger partial charge < -0.3 is 9.64 Å². The summed E-state index contributed by atoms with van der Waals surface area (Å²) in [4.78, 5) is 3.75. The van der Waals surface area contributed by atoms with Gasteiger partial charge in [-0.05, 0) is 36.4 Å². The van der Waals surface area contributed by atoms with Crippen LogP contribution in [-0.2, 0) is 4.74 Å².